The Hall–Kier alpha value is -2.99. The molecule has 2 heterocycles. The van der Waals surface area contributed by atoms with E-state index in [0.29, 0.717) is 34.4 Å². The van der Waals surface area contributed by atoms with Crippen LogP contribution in [-0.4, -0.2) is 29.2 Å². The molecule has 4 rings (SSSR count). The van der Waals surface area contributed by atoms with Gasteiger partial charge < -0.3 is 19.4 Å². The van der Waals surface area contributed by atoms with Gasteiger partial charge >= 0.3 is 0 Å². The van der Waals surface area contributed by atoms with Crippen molar-refractivity contribution >= 4 is 23.2 Å². The van der Waals surface area contributed by atoms with Crippen LogP contribution in [0.3, 0.4) is 0 Å². The maximum Gasteiger partial charge on any atom is 0.255 e. The molecule has 6 nitrogen and oxygen atoms in total. The number of aryl methyl sites for hydroxylation is 2. The summed E-state index contributed by atoms with van der Waals surface area (Å²) < 4.78 is 13.3. The molecule has 0 spiro atoms. The van der Waals surface area contributed by atoms with Crippen molar-refractivity contribution in [2.45, 2.75) is 39.2 Å². The Bertz CT molecular complexity index is 1070. The van der Waals surface area contributed by atoms with E-state index in [9.17, 15) is 4.79 Å². The van der Waals surface area contributed by atoms with E-state index in [2.05, 4.69) is 16.1 Å². The number of fused-ring (bicyclic) bond motifs is 1. The molecule has 0 unspecified atom stereocenters. The number of hydrogen-bond donors (Lipinski definition) is 1. The topological polar surface area (TPSA) is 65.4 Å². The molecule has 0 saturated carbocycles. The molecule has 31 heavy (non-hydrogen) atoms. The Labute approximate surface area is 187 Å². The number of anilines is 1. The molecular weight excluding hydrogens is 414 g/mol. The van der Waals surface area contributed by atoms with Gasteiger partial charge in [-0.15, -0.1) is 0 Å². The maximum absolute atomic E-state index is 12.9. The number of nitrogens with zero attached hydrogens (tertiary/aromatic N) is 2. The predicted molar refractivity (Wildman–Crippen MR) is 122 cm³/mol. The highest BCUT2D eigenvalue weighted by Gasteiger charge is 2.17. The van der Waals surface area contributed by atoms with E-state index in [0.717, 1.165) is 36.5 Å². The Morgan fingerprint density at radius 1 is 1.26 bits per heavy atom. The first-order valence-electron chi connectivity index (χ1n) is 10.6. The predicted octanol–water partition coefficient (Wildman–Crippen LogP) is 5.59. The van der Waals surface area contributed by atoms with Gasteiger partial charge in [0.25, 0.3) is 5.91 Å². The molecule has 2 aromatic carbocycles. The van der Waals surface area contributed by atoms with E-state index in [4.69, 9.17) is 26.1 Å². The summed E-state index contributed by atoms with van der Waals surface area (Å²) in [6, 6.07) is 10.9. The molecule has 0 bridgehead atoms. The summed E-state index contributed by atoms with van der Waals surface area (Å²) in [5, 5.41) is 3.29. The van der Waals surface area contributed by atoms with Gasteiger partial charge in [-0.05, 0) is 43.5 Å². The van der Waals surface area contributed by atoms with Crippen LogP contribution in [0.5, 0.6) is 11.5 Å². The van der Waals surface area contributed by atoms with Crippen molar-refractivity contribution in [3.63, 3.8) is 0 Å². The smallest absolute Gasteiger partial charge is 0.255 e. The highest BCUT2D eigenvalue weighted by Crippen LogP contribution is 2.37. The number of benzene rings is 2. The fourth-order valence-electron chi connectivity index (χ4n) is 3.71. The van der Waals surface area contributed by atoms with Crippen LogP contribution < -0.4 is 14.8 Å². The van der Waals surface area contributed by atoms with Crippen molar-refractivity contribution in [1.29, 1.82) is 0 Å². The van der Waals surface area contributed by atoms with E-state index in [-0.39, 0.29) is 5.91 Å². The van der Waals surface area contributed by atoms with Crippen LogP contribution in [0.15, 0.2) is 42.6 Å². The van der Waals surface area contributed by atoms with E-state index in [1.165, 1.54) is 20.0 Å². The quantitative estimate of drug-likeness (QED) is 0.521. The van der Waals surface area contributed by atoms with Gasteiger partial charge in [0, 0.05) is 36.0 Å². The molecule has 0 saturated heterocycles. The third-order valence-corrected chi connectivity index (χ3v) is 5.55. The van der Waals surface area contributed by atoms with E-state index in [1.54, 1.807) is 12.1 Å². The van der Waals surface area contributed by atoms with Gasteiger partial charge in [-0.25, -0.2) is 4.98 Å². The second-order valence-corrected chi connectivity index (χ2v) is 7.97. The van der Waals surface area contributed by atoms with E-state index < -0.39 is 0 Å². The minimum absolute atomic E-state index is 0.275. The molecule has 0 fully saturated rings. The number of hydrogen-bond acceptors (Lipinski definition) is 4. The van der Waals surface area contributed by atoms with E-state index >= 15 is 0 Å². The SMILES string of the molecule is CCCOc1c(Cl)cc(C(=O)Nc2cccc(-c3cn4c(n3)CCCC4)c2)cc1OC. The van der Waals surface area contributed by atoms with Crippen LogP contribution in [-0.2, 0) is 13.0 Å². The highest BCUT2D eigenvalue weighted by atomic mass is 35.5. The third-order valence-electron chi connectivity index (χ3n) is 5.27. The summed E-state index contributed by atoms with van der Waals surface area (Å²) >= 11 is 6.36. The number of amides is 1. The Morgan fingerprint density at radius 2 is 2.13 bits per heavy atom. The number of halogens is 1. The van der Waals surface area contributed by atoms with Crippen LogP contribution in [0.4, 0.5) is 5.69 Å². The van der Waals surface area contributed by atoms with E-state index in [1.807, 2.05) is 31.2 Å². The summed E-state index contributed by atoms with van der Waals surface area (Å²) in [6.07, 6.45) is 6.32. The molecule has 1 N–H and O–H groups in total. The largest absolute Gasteiger partial charge is 0.493 e. The molecular formula is C24H26ClN3O3. The fraction of sp³-hybridized carbons (Fsp3) is 0.333. The Balaban J connectivity index is 1.54. The van der Waals surface area contributed by atoms with Gasteiger partial charge in [-0.1, -0.05) is 30.7 Å². The second-order valence-electron chi connectivity index (χ2n) is 7.57. The number of carbonyl (C=O) groups excluding carboxylic acids is 1. The number of carbonyl (C=O) groups is 1. The number of aromatic nitrogens is 2. The second kappa shape index (κ2) is 9.43. The van der Waals surface area contributed by atoms with Crippen molar-refractivity contribution in [3.05, 3.63) is 59.0 Å². The van der Waals surface area contributed by atoms with Gasteiger partial charge in [-0.3, -0.25) is 4.79 Å². The monoisotopic (exact) mass is 439 g/mol. The molecule has 3 aromatic rings. The summed E-state index contributed by atoms with van der Waals surface area (Å²) in [5.41, 5.74) is 2.98. The third kappa shape index (κ3) is 4.69. The van der Waals surface area contributed by atoms with Crippen molar-refractivity contribution in [2.24, 2.45) is 0 Å². The lowest BCUT2D eigenvalue weighted by Gasteiger charge is -2.14. The van der Waals surface area contributed by atoms with Crippen molar-refractivity contribution in [3.8, 4) is 22.8 Å². The molecule has 7 heteroatoms. The molecule has 0 radical (unpaired) electrons. The maximum atomic E-state index is 12.9. The number of ether oxygens (including phenoxy) is 2. The van der Waals surface area contributed by atoms with Gasteiger partial charge in [0.1, 0.15) is 5.82 Å². The average molecular weight is 440 g/mol. The Kier molecular flexibility index (Phi) is 6.47. The van der Waals surface area contributed by atoms with Gasteiger partial charge in [0.2, 0.25) is 0 Å². The highest BCUT2D eigenvalue weighted by molar-refractivity contribution is 6.32. The molecule has 1 aliphatic rings. The molecule has 0 aliphatic carbocycles. The number of methoxy groups -OCH3 is 1. The first-order valence-corrected chi connectivity index (χ1v) is 10.9. The minimum atomic E-state index is -0.275. The number of imidazole rings is 1. The van der Waals surface area contributed by atoms with Crippen LogP contribution in [0.25, 0.3) is 11.3 Å². The molecule has 0 atom stereocenters. The normalized spacial score (nSPS) is 12.9. The van der Waals surface area contributed by atoms with Crippen molar-refractivity contribution in [2.75, 3.05) is 19.0 Å². The molecule has 1 amide bonds. The van der Waals surface area contributed by atoms with Crippen LogP contribution in [0.2, 0.25) is 5.02 Å². The van der Waals surface area contributed by atoms with Crippen LogP contribution in [0, 0.1) is 0 Å². The zero-order chi connectivity index (χ0) is 21.8. The molecule has 162 valence electrons. The fourth-order valence-corrected chi connectivity index (χ4v) is 3.97. The number of rotatable bonds is 7. The summed E-state index contributed by atoms with van der Waals surface area (Å²) in [4.78, 5) is 17.7. The summed E-state index contributed by atoms with van der Waals surface area (Å²) in [6.45, 7) is 3.54. The molecule has 1 aromatic heterocycles. The van der Waals surface area contributed by atoms with Crippen LogP contribution in [0.1, 0.15) is 42.4 Å². The van der Waals surface area contributed by atoms with Gasteiger partial charge in [-0.2, -0.15) is 0 Å². The first kappa shape index (κ1) is 21.2. The lowest BCUT2D eigenvalue weighted by Crippen LogP contribution is -2.12. The Morgan fingerprint density at radius 3 is 2.90 bits per heavy atom. The zero-order valence-corrected chi connectivity index (χ0v) is 18.5. The average Bonchev–Trinajstić information content (AvgIpc) is 3.22. The molecule has 1 aliphatic heterocycles. The van der Waals surface area contributed by atoms with Crippen molar-refractivity contribution < 1.29 is 14.3 Å². The summed E-state index contributed by atoms with van der Waals surface area (Å²) in [5.74, 6) is 1.74. The summed E-state index contributed by atoms with van der Waals surface area (Å²) in [7, 11) is 1.53. The van der Waals surface area contributed by atoms with Crippen molar-refractivity contribution in [1.82, 2.24) is 9.55 Å². The lowest BCUT2D eigenvalue weighted by molar-refractivity contribution is 0.102. The van der Waals surface area contributed by atoms with Crippen LogP contribution >= 0.6 is 11.6 Å². The number of nitrogens with one attached hydrogen (secondary N) is 1. The lowest BCUT2D eigenvalue weighted by atomic mass is 10.1. The zero-order valence-electron chi connectivity index (χ0n) is 17.8. The first-order chi connectivity index (χ1) is 15.1. The standard InChI is InChI=1S/C24H26ClN3O3/c1-3-11-31-23-19(25)13-17(14-21(23)30-2)24(29)26-18-8-6-7-16(12-18)20-15-28-10-5-4-9-22(28)27-20/h6-8,12-15H,3-5,9-11H2,1-2H3,(H,26,29). The van der Waals surface area contributed by atoms with Gasteiger partial charge in [0.05, 0.1) is 24.4 Å². The minimum Gasteiger partial charge on any atom is -0.493 e. The van der Waals surface area contributed by atoms with Gasteiger partial charge in [0.15, 0.2) is 11.5 Å².